The maximum Gasteiger partial charge on any atom is 0.339 e. The monoisotopic (exact) mass is 538 g/mol. The zero-order valence-electron chi connectivity index (χ0n) is 18.4. The molecule has 0 saturated carbocycles. The molecule has 0 aliphatic heterocycles. The van der Waals surface area contributed by atoms with Crippen molar-refractivity contribution in [3.8, 4) is 17.0 Å². The Bertz CT molecular complexity index is 1390. The lowest BCUT2D eigenvalue weighted by atomic mass is 10.0. The first-order valence-electron chi connectivity index (χ1n) is 10.3. The fourth-order valence-electron chi connectivity index (χ4n) is 3.43. The van der Waals surface area contributed by atoms with E-state index in [0.29, 0.717) is 32.9 Å². The number of fused-ring (bicyclic) bond motifs is 1. The number of benzene rings is 3. The summed E-state index contributed by atoms with van der Waals surface area (Å²) in [6.07, 6.45) is 0. The maximum atomic E-state index is 13.0. The number of aryl methyl sites for hydroxylation is 1. The van der Waals surface area contributed by atoms with Gasteiger partial charge in [-0.2, -0.15) is 0 Å². The van der Waals surface area contributed by atoms with Crippen molar-refractivity contribution in [2.45, 2.75) is 6.92 Å². The van der Waals surface area contributed by atoms with Crippen LogP contribution in [0.25, 0.3) is 22.2 Å². The van der Waals surface area contributed by atoms with Gasteiger partial charge in [-0.15, -0.1) is 0 Å². The molecule has 6 nitrogen and oxygen atoms in total. The van der Waals surface area contributed by atoms with Crippen molar-refractivity contribution >= 4 is 56.0 Å². The Hall–Kier alpha value is -3.42. The van der Waals surface area contributed by atoms with Crippen molar-refractivity contribution in [1.82, 2.24) is 4.98 Å². The van der Waals surface area contributed by atoms with E-state index in [0.717, 1.165) is 21.3 Å². The summed E-state index contributed by atoms with van der Waals surface area (Å²) in [6, 6.07) is 19.8. The number of hydrogen-bond acceptors (Lipinski definition) is 5. The van der Waals surface area contributed by atoms with Crippen LogP contribution in [-0.4, -0.2) is 30.6 Å². The highest BCUT2D eigenvalue weighted by atomic mass is 79.9. The lowest BCUT2D eigenvalue weighted by Gasteiger charge is -2.12. The van der Waals surface area contributed by atoms with E-state index in [1.165, 1.54) is 0 Å². The van der Waals surface area contributed by atoms with Gasteiger partial charge in [-0.3, -0.25) is 4.79 Å². The zero-order chi connectivity index (χ0) is 24.2. The van der Waals surface area contributed by atoms with Crippen LogP contribution in [0.1, 0.15) is 15.9 Å². The Labute approximate surface area is 210 Å². The number of nitrogens with one attached hydrogen (secondary N) is 1. The van der Waals surface area contributed by atoms with Gasteiger partial charge in [0.2, 0.25) is 0 Å². The number of ether oxygens (including phenoxy) is 2. The molecule has 0 spiro atoms. The third-order valence-corrected chi connectivity index (χ3v) is 6.39. The van der Waals surface area contributed by atoms with E-state index in [9.17, 15) is 9.59 Å². The van der Waals surface area contributed by atoms with E-state index in [4.69, 9.17) is 21.1 Å². The van der Waals surface area contributed by atoms with Crippen molar-refractivity contribution < 1.29 is 19.1 Å². The maximum absolute atomic E-state index is 13.0. The van der Waals surface area contributed by atoms with Crippen molar-refractivity contribution in [3.05, 3.63) is 87.4 Å². The van der Waals surface area contributed by atoms with Crippen molar-refractivity contribution in [2.24, 2.45) is 0 Å². The Balaban J connectivity index is 1.55. The average molecular weight is 540 g/mol. The molecule has 1 amide bonds. The first-order valence-corrected chi connectivity index (χ1v) is 11.5. The summed E-state index contributed by atoms with van der Waals surface area (Å²) in [6.45, 7) is 1.40. The Morgan fingerprint density at radius 2 is 1.79 bits per heavy atom. The minimum Gasteiger partial charge on any atom is -0.497 e. The Kier molecular flexibility index (Phi) is 7.14. The number of amides is 1. The number of pyridine rings is 1. The fourth-order valence-corrected chi connectivity index (χ4v) is 4.05. The number of rotatable bonds is 6. The van der Waals surface area contributed by atoms with Crippen LogP contribution in [0.15, 0.2) is 71.2 Å². The molecule has 1 N–H and O–H groups in total. The van der Waals surface area contributed by atoms with Crippen molar-refractivity contribution in [3.63, 3.8) is 0 Å². The van der Waals surface area contributed by atoms with E-state index in [1.54, 1.807) is 31.4 Å². The molecule has 0 bridgehead atoms. The molecular formula is C26H20BrClN2O4. The summed E-state index contributed by atoms with van der Waals surface area (Å²) in [5.41, 5.74) is 3.77. The highest BCUT2D eigenvalue weighted by Gasteiger charge is 2.17. The third kappa shape index (κ3) is 5.21. The summed E-state index contributed by atoms with van der Waals surface area (Å²) in [4.78, 5) is 30.1. The van der Waals surface area contributed by atoms with Gasteiger partial charge >= 0.3 is 5.97 Å². The molecule has 3 aromatic carbocycles. The first-order chi connectivity index (χ1) is 16.4. The van der Waals surface area contributed by atoms with E-state index >= 15 is 0 Å². The fraction of sp³-hybridized carbons (Fsp3) is 0.115. The molecule has 0 fully saturated rings. The number of methoxy groups -OCH3 is 1. The second kappa shape index (κ2) is 10.2. The van der Waals surface area contributed by atoms with Gasteiger partial charge in [-0.05, 0) is 76.9 Å². The molecular weight excluding hydrogens is 520 g/mol. The smallest absolute Gasteiger partial charge is 0.339 e. The van der Waals surface area contributed by atoms with Crippen molar-refractivity contribution in [2.75, 3.05) is 19.0 Å². The number of halogens is 2. The second-order valence-corrected chi connectivity index (χ2v) is 8.77. The number of nitrogens with zero attached hydrogens (tertiary/aromatic N) is 1. The van der Waals surface area contributed by atoms with Crippen LogP contribution in [0.3, 0.4) is 0 Å². The van der Waals surface area contributed by atoms with Gasteiger partial charge in [0.1, 0.15) is 5.75 Å². The van der Waals surface area contributed by atoms with E-state index in [1.807, 2.05) is 49.4 Å². The molecule has 0 saturated heterocycles. The largest absolute Gasteiger partial charge is 0.497 e. The van der Waals surface area contributed by atoms with E-state index in [2.05, 4.69) is 26.2 Å². The topological polar surface area (TPSA) is 77.5 Å². The van der Waals surface area contributed by atoms with Crippen LogP contribution in [0.2, 0.25) is 5.02 Å². The number of hydrogen-bond donors (Lipinski definition) is 1. The summed E-state index contributed by atoms with van der Waals surface area (Å²) in [7, 11) is 1.60. The summed E-state index contributed by atoms with van der Waals surface area (Å²) in [5, 5.41) is 3.83. The molecule has 0 radical (unpaired) electrons. The second-order valence-electron chi connectivity index (χ2n) is 7.51. The molecule has 4 rings (SSSR count). The average Bonchev–Trinajstić information content (AvgIpc) is 2.85. The summed E-state index contributed by atoms with van der Waals surface area (Å²) >= 11 is 9.46. The number of carbonyl (C=O) groups is 2. The molecule has 172 valence electrons. The van der Waals surface area contributed by atoms with Crippen LogP contribution in [0.5, 0.6) is 5.75 Å². The number of aromatic nitrogens is 1. The molecule has 0 aliphatic rings. The van der Waals surface area contributed by atoms with Crippen LogP contribution >= 0.6 is 27.5 Å². The quantitative estimate of drug-likeness (QED) is 0.286. The normalized spacial score (nSPS) is 10.7. The zero-order valence-corrected chi connectivity index (χ0v) is 20.7. The van der Waals surface area contributed by atoms with Gasteiger partial charge in [-0.1, -0.05) is 29.8 Å². The lowest BCUT2D eigenvalue weighted by Crippen LogP contribution is -2.21. The molecule has 1 aromatic heterocycles. The van der Waals surface area contributed by atoms with Crippen LogP contribution in [0.4, 0.5) is 5.69 Å². The Morgan fingerprint density at radius 1 is 1.06 bits per heavy atom. The minimum absolute atomic E-state index is 0.326. The lowest BCUT2D eigenvalue weighted by molar-refractivity contribution is -0.119. The van der Waals surface area contributed by atoms with Crippen molar-refractivity contribution in [1.29, 1.82) is 0 Å². The summed E-state index contributed by atoms with van der Waals surface area (Å²) < 4.78 is 11.3. The van der Waals surface area contributed by atoms with Gasteiger partial charge in [0.15, 0.2) is 6.61 Å². The number of carbonyl (C=O) groups excluding carboxylic acids is 2. The predicted octanol–water partition coefficient (Wildman–Crippen LogP) is 6.43. The SMILES string of the molecule is COc1ccc(-c2cc(C(=O)OCC(=O)Nc3cc(Cl)c(Br)cc3C)c3ccccc3n2)cc1. The molecule has 1 heterocycles. The van der Waals surface area contributed by atoms with Gasteiger partial charge in [0.05, 0.1) is 28.9 Å². The highest BCUT2D eigenvalue weighted by Crippen LogP contribution is 2.29. The van der Waals surface area contributed by atoms with E-state index < -0.39 is 18.5 Å². The molecule has 34 heavy (non-hydrogen) atoms. The molecule has 4 aromatic rings. The van der Waals surface area contributed by atoms with Crippen LogP contribution < -0.4 is 10.1 Å². The van der Waals surface area contributed by atoms with Gasteiger partial charge in [0.25, 0.3) is 5.91 Å². The summed E-state index contributed by atoms with van der Waals surface area (Å²) in [5.74, 6) is -0.366. The number of para-hydroxylation sites is 1. The minimum atomic E-state index is -0.617. The molecule has 8 heteroatoms. The standard InChI is InChI=1S/C26H20BrClN2O4/c1-15-11-20(27)21(28)13-23(15)30-25(31)14-34-26(32)19-12-24(16-7-9-17(33-2)10-8-16)29-22-6-4-3-5-18(19)22/h3-13H,14H2,1-2H3,(H,30,31). The van der Waals surface area contributed by atoms with Gasteiger partial charge < -0.3 is 14.8 Å². The first kappa shape index (κ1) is 23.7. The van der Waals surface area contributed by atoms with Gasteiger partial charge in [0, 0.05) is 21.1 Å². The Morgan fingerprint density at radius 3 is 2.53 bits per heavy atom. The van der Waals surface area contributed by atoms with E-state index in [-0.39, 0.29) is 0 Å². The van der Waals surface area contributed by atoms with Gasteiger partial charge in [-0.25, -0.2) is 9.78 Å². The number of esters is 1. The third-order valence-electron chi connectivity index (χ3n) is 5.20. The molecule has 0 aliphatic carbocycles. The number of anilines is 1. The highest BCUT2D eigenvalue weighted by molar-refractivity contribution is 9.10. The molecule has 0 atom stereocenters. The predicted molar refractivity (Wildman–Crippen MR) is 137 cm³/mol. The molecule has 0 unspecified atom stereocenters. The van der Waals surface area contributed by atoms with Crippen LogP contribution in [-0.2, 0) is 9.53 Å². The van der Waals surface area contributed by atoms with Crippen LogP contribution in [0, 0.1) is 6.92 Å².